The lowest BCUT2D eigenvalue weighted by Crippen LogP contribution is -2.39. The second-order valence-corrected chi connectivity index (χ2v) is 8.30. The molecule has 0 atom stereocenters. The minimum absolute atomic E-state index is 0.227. The van der Waals surface area contributed by atoms with Crippen molar-refractivity contribution in [2.45, 2.75) is 30.6 Å². The Balaban J connectivity index is 1.46. The van der Waals surface area contributed by atoms with Crippen LogP contribution in [0.2, 0.25) is 0 Å². The summed E-state index contributed by atoms with van der Waals surface area (Å²) in [6.45, 7) is 0.368. The van der Waals surface area contributed by atoms with Gasteiger partial charge in [-0.2, -0.15) is 0 Å². The normalized spacial score (nSPS) is 15.9. The Labute approximate surface area is 147 Å². The molecule has 1 aliphatic carbocycles. The van der Waals surface area contributed by atoms with E-state index in [1.807, 2.05) is 30.3 Å². The van der Waals surface area contributed by atoms with Crippen LogP contribution >= 0.6 is 0 Å². The van der Waals surface area contributed by atoms with E-state index >= 15 is 0 Å². The van der Waals surface area contributed by atoms with Crippen LogP contribution in [0.25, 0.3) is 0 Å². The molecule has 0 radical (unpaired) electrons. The molecule has 0 spiro atoms. The smallest absolute Gasteiger partial charge is 0.242 e. The molecule has 1 N–H and O–H groups in total. The van der Waals surface area contributed by atoms with E-state index in [1.165, 1.54) is 5.56 Å². The maximum atomic E-state index is 12.5. The maximum absolute atomic E-state index is 12.5. The zero-order valence-electron chi connectivity index (χ0n) is 13.9. The van der Waals surface area contributed by atoms with Crippen LogP contribution < -0.4 is 9.62 Å². The van der Waals surface area contributed by atoms with Gasteiger partial charge in [-0.3, -0.25) is 4.79 Å². The van der Waals surface area contributed by atoms with Gasteiger partial charge in [-0.1, -0.05) is 24.3 Å². The highest BCUT2D eigenvalue weighted by atomic mass is 32.2. The van der Waals surface area contributed by atoms with Crippen molar-refractivity contribution < 1.29 is 13.2 Å². The van der Waals surface area contributed by atoms with Crippen LogP contribution in [0.1, 0.15) is 23.1 Å². The third-order valence-electron chi connectivity index (χ3n) is 4.98. The van der Waals surface area contributed by atoms with Crippen LogP contribution in [0.15, 0.2) is 47.4 Å². The lowest BCUT2D eigenvalue weighted by molar-refractivity contribution is -0.117. The fourth-order valence-electron chi connectivity index (χ4n) is 3.65. The monoisotopic (exact) mass is 356 g/mol. The minimum atomic E-state index is -3.68. The number of carbonyl (C=O) groups excluding carboxylic acids is 1. The molecule has 0 fully saturated rings. The highest BCUT2D eigenvalue weighted by molar-refractivity contribution is 7.89. The average molecular weight is 356 g/mol. The molecule has 2 aromatic carbocycles. The molecule has 5 nitrogen and oxygen atoms in total. The van der Waals surface area contributed by atoms with Gasteiger partial charge in [0.15, 0.2) is 0 Å². The van der Waals surface area contributed by atoms with Gasteiger partial charge in [0, 0.05) is 12.2 Å². The van der Waals surface area contributed by atoms with Crippen molar-refractivity contribution in [1.82, 2.24) is 4.72 Å². The number of hydrogen-bond acceptors (Lipinski definition) is 3. The first-order valence-corrected chi connectivity index (χ1v) is 10.0. The third-order valence-corrected chi connectivity index (χ3v) is 6.38. The molecule has 4 rings (SSSR count). The van der Waals surface area contributed by atoms with Gasteiger partial charge in [0.1, 0.15) is 0 Å². The second-order valence-electron chi connectivity index (χ2n) is 6.53. The van der Waals surface area contributed by atoms with Gasteiger partial charge in [-0.25, -0.2) is 13.1 Å². The summed E-state index contributed by atoms with van der Waals surface area (Å²) in [7, 11) is -3.68. The lowest BCUT2D eigenvalue weighted by atomic mass is 10.1. The van der Waals surface area contributed by atoms with Crippen LogP contribution in [-0.2, 0) is 34.1 Å². The topological polar surface area (TPSA) is 66.5 Å². The van der Waals surface area contributed by atoms with Crippen LogP contribution in [0.5, 0.6) is 0 Å². The summed E-state index contributed by atoms with van der Waals surface area (Å²) < 4.78 is 27.5. The first-order valence-electron chi connectivity index (χ1n) is 8.54. The molecule has 2 aliphatic rings. The van der Waals surface area contributed by atoms with Crippen molar-refractivity contribution in [2.75, 3.05) is 18.0 Å². The van der Waals surface area contributed by atoms with Crippen molar-refractivity contribution in [3.05, 3.63) is 59.2 Å². The minimum Gasteiger partial charge on any atom is -0.311 e. The van der Waals surface area contributed by atoms with Gasteiger partial charge in [-0.05, 0) is 60.6 Å². The first kappa shape index (κ1) is 16.3. The van der Waals surface area contributed by atoms with Gasteiger partial charge in [0.2, 0.25) is 15.9 Å². The first-order chi connectivity index (χ1) is 12.0. The van der Waals surface area contributed by atoms with Crippen molar-refractivity contribution in [2.24, 2.45) is 0 Å². The molecule has 1 amide bonds. The molecule has 130 valence electrons. The van der Waals surface area contributed by atoms with Gasteiger partial charge in [0.05, 0.1) is 11.4 Å². The van der Waals surface area contributed by atoms with Gasteiger partial charge in [-0.15, -0.1) is 0 Å². The van der Waals surface area contributed by atoms with Crippen molar-refractivity contribution >= 4 is 21.6 Å². The van der Waals surface area contributed by atoms with Gasteiger partial charge < -0.3 is 4.90 Å². The Morgan fingerprint density at radius 1 is 1.00 bits per heavy atom. The SMILES string of the molecule is O=C(CNS(=O)(=O)c1ccc2c(c1)CCC2)N1CCc2ccccc21. The molecule has 1 heterocycles. The highest BCUT2D eigenvalue weighted by Gasteiger charge is 2.26. The van der Waals surface area contributed by atoms with Crippen molar-refractivity contribution in [1.29, 1.82) is 0 Å². The number of nitrogens with zero attached hydrogens (tertiary/aromatic N) is 1. The van der Waals surface area contributed by atoms with Crippen LogP contribution in [0.4, 0.5) is 5.69 Å². The maximum Gasteiger partial charge on any atom is 0.242 e. The Bertz CT molecular complexity index is 937. The molecule has 6 heteroatoms. The summed E-state index contributed by atoms with van der Waals surface area (Å²) in [5.74, 6) is -0.227. The van der Waals surface area contributed by atoms with Crippen LogP contribution in [-0.4, -0.2) is 27.4 Å². The summed E-state index contributed by atoms with van der Waals surface area (Å²) >= 11 is 0. The van der Waals surface area contributed by atoms with E-state index < -0.39 is 10.0 Å². The number of fused-ring (bicyclic) bond motifs is 2. The number of anilines is 1. The summed E-state index contributed by atoms with van der Waals surface area (Å²) in [6.07, 6.45) is 3.80. The summed E-state index contributed by atoms with van der Waals surface area (Å²) in [5.41, 5.74) is 4.33. The van der Waals surface area contributed by atoms with E-state index in [1.54, 1.807) is 17.0 Å². The molecule has 2 aromatic rings. The number of carbonyl (C=O) groups is 1. The second kappa shape index (κ2) is 6.28. The van der Waals surface area contributed by atoms with Crippen molar-refractivity contribution in [3.63, 3.8) is 0 Å². The molecule has 0 saturated carbocycles. The molecule has 0 saturated heterocycles. The Morgan fingerprint density at radius 2 is 1.80 bits per heavy atom. The molecule has 0 unspecified atom stereocenters. The summed E-state index contributed by atoms with van der Waals surface area (Å²) in [5, 5.41) is 0. The number of amides is 1. The number of rotatable bonds is 4. The predicted octanol–water partition coefficient (Wildman–Crippen LogP) is 2.04. The van der Waals surface area contributed by atoms with Crippen molar-refractivity contribution in [3.8, 4) is 0 Å². The quantitative estimate of drug-likeness (QED) is 0.912. The van der Waals surface area contributed by atoms with Gasteiger partial charge >= 0.3 is 0 Å². The van der Waals surface area contributed by atoms with E-state index in [0.29, 0.717) is 6.54 Å². The molecule has 1 aliphatic heterocycles. The number of para-hydroxylation sites is 1. The van der Waals surface area contributed by atoms with E-state index in [9.17, 15) is 13.2 Å². The Hall–Kier alpha value is -2.18. The highest BCUT2D eigenvalue weighted by Crippen LogP contribution is 2.27. The molecular formula is C19H20N2O3S. The number of nitrogens with one attached hydrogen (secondary N) is 1. The van der Waals surface area contributed by atoms with E-state index in [2.05, 4.69) is 4.72 Å². The fourth-order valence-corrected chi connectivity index (χ4v) is 4.67. The van der Waals surface area contributed by atoms with Crippen LogP contribution in [0.3, 0.4) is 0 Å². The van der Waals surface area contributed by atoms with Gasteiger partial charge in [0.25, 0.3) is 0 Å². The summed E-state index contributed by atoms with van der Waals surface area (Å²) in [4.78, 5) is 14.4. The molecule has 0 aromatic heterocycles. The predicted molar refractivity (Wildman–Crippen MR) is 96.2 cm³/mol. The average Bonchev–Trinajstić information content (AvgIpc) is 3.25. The zero-order valence-corrected chi connectivity index (χ0v) is 14.7. The zero-order chi connectivity index (χ0) is 17.4. The number of benzene rings is 2. The van der Waals surface area contributed by atoms with E-state index in [0.717, 1.165) is 42.5 Å². The number of aryl methyl sites for hydroxylation is 2. The van der Waals surface area contributed by atoms with E-state index in [-0.39, 0.29) is 17.3 Å². The molecular weight excluding hydrogens is 336 g/mol. The summed E-state index contributed by atoms with van der Waals surface area (Å²) in [6, 6.07) is 13.0. The Kier molecular flexibility index (Phi) is 4.09. The largest absolute Gasteiger partial charge is 0.311 e. The number of sulfonamides is 1. The fraction of sp³-hybridized carbons (Fsp3) is 0.316. The van der Waals surface area contributed by atoms with E-state index in [4.69, 9.17) is 0 Å². The number of hydrogen-bond donors (Lipinski definition) is 1. The molecule has 25 heavy (non-hydrogen) atoms. The molecule has 0 bridgehead atoms. The third kappa shape index (κ3) is 3.07. The standard InChI is InChI=1S/C19H20N2O3S/c22-19(21-11-10-15-4-1-2-7-18(15)21)13-20-25(23,24)17-9-8-14-5-3-6-16(14)12-17/h1-2,4,7-9,12,20H,3,5-6,10-11,13H2. The Morgan fingerprint density at radius 3 is 2.68 bits per heavy atom. The van der Waals surface area contributed by atoms with Crippen LogP contribution in [0, 0.1) is 0 Å². The lowest BCUT2D eigenvalue weighted by Gasteiger charge is -2.17.